The quantitative estimate of drug-likeness (QED) is 0.529. The number of halogens is 1. The Morgan fingerprint density at radius 3 is 2.17 bits per heavy atom. The number of amides is 1. The number of hydrogen-bond acceptors (Lipinski definition) is 3. The number of benzene rings is 2. The lowest BCUT2D eigenvalue weighted by Crippen LogP contribution is -2.45. The van der Waals surface area contributed by atoms with E-state index in [2.05, 4.69) is 27.9 Å². The molecular formula is C18H20INO3. The first kappa shape index (κ1) is 17.7. The molecule has 4 nitrogen and oxygen atoms in total. The van der Waals surface area contributed by atoms with Crippen LogP contribution in [0.2, 0.25) is 0 Å². The zero-order valence-electron chi connectivity index (χ0n) is 12.7. The van der Waals surface area contributed by atoms with Crippen LogP contribution in [-0.4, -0.2) is 27.8 Å². The van der Waals surface area contributed by atoms with E-state index >= 15 is 0 Å². The molecule has 2 N–H and O–H groups in total. The third-order valence-electron chi connectivity index (χ3n) is 3.44. The SMILES string of the molecule is O=C(N[C@@H](Cc1ccccc1)[C@@H](O)CI)OCc1ccccc1. The molecule has 23 heavy (non-hydrogen) atoms. The van der Waals surface area contributed by atoms with E-state index in [9.17, 15) is 9.90 Å². The lowest BCUT2D eigenvalue weighted by molar-refractivity contribution is 0.112. The number of carbonyl (C=O) groups excluding carboxylic acids is 1. The molecule has 0 aliphatic heterocycles. The van der Waals surface area contributed by atoms with E-state index in [-0.39, 0.29) is 12.6 Å². The molecule has 0 bridgehead atoms. The molecule has 122 valence electrons. The van der Waals surface area contributed by atoms with E-state index in [1.165, 1.54) is 0 Å². The first-order valence-corrected chi connectivity index (χ1v) is 8.96. The number of hydrogen-bond donors (Lipinski definition) is 2. The topological polar surface area (TPSA) is 58.6 Å². The van der Waals surface area contributed by atoms with Crippen LogP contribution in [0.5, 0.6) is 0 Å². The Morgan fingerprint density at radius 1 is 1.04 bits per heavy atom. The van der Waals surface area contributed by atoms with Crippen molar-refractivity contribution in [3.8, 4) is 0 Å². The van der Waals surface area contributed by atoms with Gasteiger partial charge in [0, 0.05) is 4.43 Å². The van der Waals surface area contributed by atoms with Gasteiger partial charge in [0.2, 0.25) is 0 Å². The van der Waals surface area contributed by atoms with Crippen molar-refractivity contribution >= 4 is 28.7 Å². The van der Waals surface area contributed by atoms with Gasteiger partial charge in [-0.05, 0) is 17.5 Å². The number of carbonyl (C=O) groups is 1. The summed E-state index contributed by atoms with van der Waals surface area (Å²) >= 11 is 2.11. The maximum absolute atomic E-state index is 12.0. The average molecular weight is 425 g/mol. The van der Waals surface area contributed by atoms with E-state index in [4.69, 9.17) is 4.74 Å². The van der Waals surface area contributed by atoms with Crippen molar-refractivity contribution < 1.29 is 14.6 Å². The highest BCUT2D eigenvalue weighted by Crippen LogP contribution is 2.09. The molecule has 0 fully saturated rings. The Kier molecular flexibility index (Phi) is 7.35. The van der Waals surface area contributed by atoms with Gasteiger partial charge in [-0.2, -0.15) is 0 Å². The largest absolute Gasteiger partial charge is 0.445 e. The van der Waals surface area contributed by atoms with Crippen LogP contribution in [0.4, 0.5) is 4.79 Å². The summed E-state index contributed by atoms with van der Waals surface area (Å²) in [5, 5.41) is 12.9. The number of aliphatic hydroxyl groups is 1. The molecule has 2 aromatic carbocycles. The summed E-state index contributed by atoms with van der Waals surface area (Å²) < 4.78 is 5.76. The van der Waals surface area contributed by atoms with E-state index in [1.54, 1.807) is 0 Å². The van der Waals surface area contributed by atoms with Crippen LogP contribution in [0.15, 0.2) is 60.7 Å². The third-order valence-corrected chi connectivity index (χ3v) is 4.34. The molecule has 0 aliphatic rings. The van der Waals surface area contributed by atoms with Crippen LogP contribution in [0, 0.1) is 0 Å². The summed E-state index contributed by atoms with van der Waals surface area (Å²) in [4.78, 5) is 12.0. The third kappa shape index (κ3) is 6.19. The molecule has 0 spiro atoms. The molecule has 0 saturated carbocycles. The summed E-state index contributed by atoms with van der Waals surface area (Å²) in [6.45, 7) is 0.213. The van der Waals surface area contributed by atoms with Crippen molar-refractivity contribution in [2.75, 3.05) is 4.43 Å². The smallest absolute Gasteiger partial charge is 0.407 e. The molecule has 2 aromatic rings. The highest BCUT2D eigenvalue weighted by molar-refractivity contribution is 14.1. The van der Waals surface area contributed by atoms with Gasteiger partial charge in [0.15, 0.2) is 0 Å². The van der Waals surface area contributed by atoms with Crippen molar-refractivity contribution in [2.45, 2.75) is 25.2 Å². The van der Waals surface area contributed by atoms with Gasteiger partial charge < -0.3 is 15.2 Å². The monoisotopic (exact) mass is 425 g/mol. The van der Waals surface area contributed by atoms with E-state index in [0.717, 1.165) is 11.1 Å². The fraction of sp³-hybridized carbons (Fsp3) is 0.278. The van der Waals surface area contributed by atoms with Crippen LogP contribution < -0.4 is 5.32 Å². The van der Waals surface area contributed by atoms with Gasteiger partial charge >= 0.3 is 6.09 Å². The van der Waals surface area contributed by atoms with Crippen molar-refractivity contribution in [1.82, 2.24) is 5.32 Å². The molecule has 0 saturated heterocycles. The fourth-order valence-corrected chi connectivity index (χ4v) is 2.79. The number of alkyl halides is 1. The minimum atomic E-state index is -0.625. The van der Waals surface area contributed by atoms with Crippen molar-refractivity contribution in [3.05, 3.63) is 71.8 Å². The van der Waals surface area contributed by atoms with Crippen molar-refractivity contribution in [2.24, 2.45) is 0 Å². The maximum atomic E-state index is 12.0. The Bertz CT molecular complexity index is 592. The zero-order chi connectivity index (χ0) is 16.5. The Morgan fingerprint density at radius 2 is 1.61 bits per heavy atom. The van der Waals surface area contributed by atoms with Crippen molar-refractivity contribution in [3.63, 3.8) is 0 Å². The number of aliphatic hydroxyl groups excluding tert-OH is 1. The normalized spacial score (nSPS) is 13.1. The van der Waals surface area contributed by atoms with E-state index in [0.29, 0.717) is 10.8 Å². The lowest BCUT2D eigenvalue weighted by atomic mass is 10.0. The molecular weight excluding hydrogens is 405 g/mol. The lowest BCUT2D eigenvalue weighted by Gasteiger charge is -2.22. The minimum Gasteiger partial charge on any atom is -0.445 e. The summed E-state index contributed by atoms with van der Waals surface area (Å²) in [5.41, 5.74) is 1.99. The van der Waals surface area contributed by atoms with Gasteiger partial charge in [-0.1, -0.05) is 83.3 Å². The molecule has 0 radical (unpaired) electrons. The molecule has 2 rings (SSSR count). The summed E-state index contributed by atoms with van der Waals surface area (Å²) in [5.74, 6) is 0. The number of rotatable bonds is 7. The molecule has 0 unspecified atom stereocenters. The van der Waals surface area contributed by atoms with Gasteiger partial charge in [0.05, 0.1) is 12.1 Å². The zero-order valence-corrected chi connectivity index (χ0v) is 14.8. The standard InChI is InChI=1S/C18H20INO3/c19-12-17(21)16(11-14-7-3-1-4-8-14)20-18(22)23-13-15-9-5-2-6-10-15/h1-10,16-17,21H,11-13H2,(H,20,22)/t16-,17-/m0/s1. The van der Waals surface area contributed by atoms with Gasteiger partial charge in [-0.3, -0.25) is 0 Å². The summed E-state index contributed by atoms with van der Waals surface area (Å²) in [7, 11) is 0. The predicted molar refractivity (Wildman–Crippen MR) is 98.6 cm³/mol. The van der Waals surface area contributed by atoms with Crippen LogP contribution in [0.25, 0.3) is 0 Å². The molecule has 0 heterocycles. The minimum absolute atomic E-state index is 0.213. The second-order valence-electron chi connectivity index (χ2n) is 5.22. The van der Waals surface area contributed by atoms with Gasteiger partial charge in [0.1, 0.15) is 6.61 Å². The molecule has 0 aliphatic carbocycles. The summed E-state index contributed by atoms with van der Waals surface area (Å²) in [6, 6.07) is 18.9. The van der Waals surface area contributed by atoms with Gasteiger partial charge in [-0.25, -0.2) is 4.79 Å². The summed E-state index contributed by atoms with van der Waals surface area (Å²) in [6.07, 6.45) is -0.579. The number of alkyl carbamates (subject to hydrolysis) is 1. The maximum Gasteiger partial charge on any atom is 0.407 e. The van der Waals surface area contributed by atoms with Gasteiger partial charge in [-0.15, -0.1) is 0 Å². The molecule has 5 heteroatoms. The molecule has 1 amide bonds. The predicted octanol–water partition coefficient (Wildman–Crippen LogP) is 3.32. The second kappa shape index (κ2) is 9.52. The van der Waals surface area contributed by atoms with E-state index in [1.807, 2.05) is 60.7 Å². The van der Waals surface area contributed by atoms with Crippen molar-refractivity contribution in [1.29, 1.82) is 0 Å². The highest BCUT2D eigenvalue weighted by Gasteiger charge is 2.21. The average Bonchev–Trinajstić information content (AvgIpc) is 2.60. The fourth-order valence-electron chi connectivity index (χ4n) is 2.17. The Hall–Kier alpha value is -1.60. The first-order valence-electron chi connectivity index (χ1n) is 7.44. The first-order chi connectivity index (χ1) is 11.2. The molecule has 0 aromatic heterocycles. The van der Waals surface area contributed by atoms with Gasteiger partial charge in [0.25, 0.3) is 0 Å². The van der Waals surface area contributed by atoms with Crippen LogP contribution >= 0.6 is 22.6 Å². The number of ether oxygens (including phenoxy) is 1. The Balaban J connectivity index is 1.90. The van der Waals surface area contributed by atoms with Crippen LogP contribution in [0.3, 0.4) is 0 Å². The highest BCUT2D eigenvalue weighted by atomic mass is 127. The van der Waals surface area contributed by atoms with Crippen LogP contribution in [0.1, 0.15) is 11.1 Å². The Labute approximate surface area is 150 Å². The second-order valence-corrected chi connectivity index (χ2v) is 6.10. The number of nitrogens with one attached hydrogen (secondary N) is 1. The van der Waals surface area contributed by atoms with E-state index < -0.39 is 12.2 Å². The molecule has 2 atom stereocenters. The van der Waals surface area contributed by atoms with Crippen LogP contribution in [-0.2, 0) is 17.8 Å².